The van der Waals surface area contributed by atoms with Gasteiger partial charge in [-0.25, -0.2) is 0 Å². The van der Waals surface area contributed by atoms with Crippen molar-refractivity contribution in [3.8, 4) is 11.5 Å². The lowest BCUT2D eigenvalue weighted by atomic mass is 10.0. The van der Waals surface area contributed by atoms with Gasteiger partial charge in [0.2, 0.25) is 5.78 Å². The number of rotatable bonds is 3. The van der Waals surface area contributed by atoms with Gasteiger partial charge in [-0.1, -0.05) is 30.7 Å². The standard InChI is InChI=1S/C19H15ClO4/c1-3-17(21)23-14-8-11(2)18-15(10-14)24-16(19(18)22)9-12-4-6-13(20)7-5-12/h4-10H,3H2,1-2H3/b16-9-. The van der Waals surface area contributed by atoms with Gasteiger partial charge < -0.3 is 9.47 Å². The van der Waals surface area contributed by atoms with Crippen molar-refractivity contribution in [1.82, 2.24) is 0 Å². The smallest absolute Gasteiger partial charge is 0.310 e. The summed E-state index contributed by atoms with van der Waals surface area (Å²) in [5, 5.41) is 0.623. The lowest BCUT2D eigenvalue weighted by Gasteiger charge is -2.06. The van der Waals surface area contributed by atoms with Gasteiger partial charge in [-0.15, -0.1) is 0 Å². The van der Waals surface area contributed by atoms with Gasteiger partial charge in [0.15, 0.2) is 5.76 Å². The van der Waals surface area contributed by atoms with Gasteiger partial charge in [-0.2, -0.15) is 0 Å². The first-order chi connectivity index (χ1) is 11.5. The summed E-state index contributed by atoms with van der Waals surface area (Å²) in [5.74, 6) is 0.480. The van der Waals surface area contributed by atoms with Crippen LogP contribution in [0, 0.1) is 6.92 Å². The summed E-state index contributed by atoms with van der Waals surface area (Å²) in [7, 11) is 0. The number of halogens is 1. The molecule has 0 bridgehead atoms. The third-order valence-corrected chi connectivity index (χ3v) is 3.88. The molecule has 3 rings (SSSR count). The molecule has 0 saturated heterocycles. The van der Waals surface area contributed by atoms with E-state index in [-0.39, 0.29) is 23.9 Å². The summed E-state index contributed by atoms with van der Waals surface area (Å²) in [6.45, 7) is 3.50. The van der Waals surface area contributed by atoms with E-state index >= 15 is 0 Å². The van der Waals surface area contributed by atoms with Crippen LogP contribution in [0.1, 0.15) is 34.8 Å². The number of carbonyl (C=O) groups excluding carboxylic acids is 2. The quantitative estimate of drug-likeness (QED) is 0.465. The Morgan fingerprint density at radius 3 is 2.62 bits per heavy atom. The van der Waals surface area contributed by atoms with Crippen LogP contribution in [-0.2, 0) is 4.79 Å². The lowest BCUT2D eigenvalue weighted by Crippen LogP contribution is -2.06. The van der Waals surface area contributed by atoms with E-state index in [1.165, 1.54) is 0 Å². The third kappa shape index (κ3) is 3.19. The molecule has 1 heterocycles. The van der Waals surface area contributed by atoms with Crippen molar-refractivity contribution in [2.75, 3.05) is 0 Å². The Kier molecular flexibility index (Phi) is 4.40. The van der Waals surface area contributed by atoms with Crippen LogP contribution >= 0.6 is 11.6 Å². The lowest BCUT2D eigenvalue weighted by molar-refractivity contribution is -0.134. The number of ketones is 1. The largest absolute Gasteiger partial charge is 0.452 e. The number of Topliss-reactive ketones (excluding diaryl/α,β-unsaturated/α-hetero) is 1. The summed E-state index contributed by atoms with van der Waals surface area (Å²) in [6, 6.07) is 10.3. The van der Waals surface area contributed by atoms with Crippen LogP contribution in [-0.4, -0.2) is 11.8 Å². The van der Waals surface area contributed by atoms with Crippen molar-refractivity contribution in [2.45, 2.75) is 20.3 Å². The Labute approximate surface area is 144 Å². The van der Waals surface area contributed by atoms with Crippen LogP contribution in [0.4, 0.5) is 0 Å². The van der Waals surface area contributed by atoms with Crippen molar-refractivity contribution in [3.63, 3.8) is 0 Å². The molecule has 0 spiro atoms. The summed E-state index contributed by atoms with van der Waals surface area (Å²) >= 11 is 5.86. The zero-order chi connectivity index (χ0) is 17.3. The van der Waals surface area contributed by atoms with Crippen LogP contribution < -0.4 is 9.47 Å². The number of carbonyl (C=O) groups is 2. The number of fused-ring (bicyclic) bond motifs is 1. The molecule has 0 saturated carbocycles. The maximum absolute atomic E-state index is 12.6. The van der Waals surface area contributed by atoms with Crippen LogP contribution in [0.25, 0.3) is 6.08 Å². The monoisotopic (exact) mass is 342 g/mol. The van der Waals surface area contributed by atoms with E-state index in [4.69, 9.17) is 21.1 Å². The average Bonchev–Trinajstić information content (AvgIpc) is 2.85. The van der Waals surface area contributed by atoms with Crippen molar-refractivity contribution < 1.29 is 19.1 Å². The molecular weight excluding hydrogens is 328 g/mol. The topological polar surface area (TPSA) is 52.6 Å². The molecule has 5 heteroatoms. The molecular formula is C19H15ClO4. The molecule has 2 aromatic rings. The maximum Gasteiger partial charge on any atom is 0.310 e. The van der Waals surface area contributed by atoms with E-state index in [9.17, 15) is 9.59 Å². The van der Waals surface area contributed by atoms with E-state index < -0.39 is 0 Å². The molecule has 122 valence electrons. The SMILES string of the molecule is CCC(=O)Oc1cc(C)c2c(c1)O/C(=C\c1ccc(Cl)cc1)C2=O. The van der Waals surface area contributed by atoms with Gasteiger partial charge in [0, 0.05) is 17.5 Å². The van der Waals surface area contributed by atoms with E-state index in [1.54, 1.807) is 56.3 Å². The number of aryl methyl sites for hydroxylation is 1. The third-order valence-electron chi connectivity index (χ3n) is 3.63. The first kappa shape index (κ1) is 16.3. The van der Waals surface area contributed by atoms with Crippen LogP contribution in [0.5, 0.6) is 11.5 Å². The molecule has 0 amide bonds. The number of esters is 1. The number of hydrogen-bond donors (Lipinski definition) is 0. The van der Waals surface area contributed by atoms with Crippen molar-refractivity contribution in [1.29, 1.82) is 0 Å². The van der Waals surface area contributed by atoms with E-state index in [1.807, 2.05) is 0 Å². The summed E-state index contributed by atoms with van der Waals surface area (Å²) in [5.41, 5.74) is 2.01. The van der Waals surface area contributed by atoms with Gasteiger partial charge in [-0.05, 0) is 42.3 Å². The maximum atomic E-state index is 12.6. The van der Waals surface area contributed by atoms with E-state index in [2.05, 4.69) is 0 Å². The zero-order valence-corrected chi connectivity index (χ0v) is 14.0. The van der Waals surface area contributed by atoms with E-state index in [0.717, 1.165) is 5.56 Å². The Balaban J connectivity index is 1.93. The van der Waals surface area contributed by atoms with Crippen LogP contribution in [0.3, 0.4) is 0 Å². The molecule has 0 unspecified atom stereocenters. The Morgan fingerprint density at radius 2 is 1.96 bits per heavy atom. The second-order valence-electron chi connectivity index (χ2n) is 5.43. The summed E-state index contributed by atoms with van der Waals surface area (Å²) < 4.78 is 10.9. The molecule has 0 atom stereocenters. The molecule has 0 aliphatic carbocycles. The van der Waals surface area contributed by atoms with Crippen LogP contribution in [0.15, 0.2) is 42.2 Å². The number of hydrogen-bond acceptors (Lipinski definition) is 4. The normalized spacial score (nSPS) is 14.5. The zero-order valence-electron chi connectivity index (χ0n) is 13.3. The Morgan fingerprint density at radius 1 is 1.25 bits per heavy atom. The summed E-state index contributed by atoms with van der Waals surface area (Å²) in [4.78, 5) is 24.0. The molecule has 4 nitrogen and oxygen atoms in total. The van der Waals surface area contributed by atoms with Gasteiger partial charge in [0.05, 0.1) is 5.56 Å². The minimum absolute atomic E-state index is 0.189. The average molecular weight is 343 g/mol. The molecule has 0 fully saturated rings. The predicted octanol–water partition coefficient (Wildman–Crippen LogP) is 4.58. The second kappa shape index (κ2) is 6.49. The van der Waals surface area contributed by atoms with Crippen molar-refractivity contribution >= 4 is 29.4 Å². The highest BCUT2D eigenvalue weighted by atomic mass is 35.5. The molecule has 0 aromatic heterocycles. The minimum Gasteiger partial charge on any atom is -0.452 e. The molecule has 1 aliphatic heterocycles. The number of benzene rings is 2. The van der Waals surface area contributed by atoms with Crippen LogP contribution in [0.2, 0.25) is 5.02 Å². The fourth-order valence-corrected chi connectivity index (χ4v) is 2.58. The fourth-order valence-electron chi connectivity index (χ4n) is 2.45. The van der Waals surface area contributed by atoms with E-state index in [0.29, 0.717) is 27.6 Å². The first-order valence-corrected chi connectivity index (χ1v) is 7.91. The van der Waals surface area contributed by atoms with Crippen molar-refractivity contribution in [3.05, 3.63) is 63.9 Å². The van der Waals surface area contributed by atoms with Gasteiger partial charge in [-0.3, -0.25) is 9.59 Å². The van der Waals surface area contributed by atoms with Gasteiger partial charge in [0.25, 0.3) is 0 Å². The molecule has 1 aliphatic rings. The molecule has 0 radical (unpaired) electrons. The van der Waals surface area contributed by atoms with Crippen molar-refractivity contribution in [2.24, 2.45) is 0 Å². The highest BCUT2D eigenvalue weighted by Crippen LogP contribution is 2.37. The second-order valence-corrected chi connectivity index (χ2v) is 5.87. The van der Waals surface area contributed by atoms with Gasteiger partial charge >= 0.3 is 5.97 Å². The highest BCUT2D eigenvalue weighted by Gasteiger charge is 2.30. The molecule has 2 aromatic carbocycles. The van der Waals surface area contributed by atoms with Gasteiger partial charge in [0.1, 0.15) is 11.5 Å². The predicted molar refractivity (Wildman–Crippen MR) is 91.5 cm³/mol. The number of allylic oxidation sites excluding steroid dienone is 1. The fraction of sp³-hybridized carbons (Fsp3) is 0.158. The number of ether oxygens (including phenoxy) is 2. The Hall–Kier alpha value is -2.59. The molecule has 24 heavy (non-hydrogen) atoms. The first-order valence-electron chi connectivity index (χ1n) is 7.53. The Bertz CT molecular complexity index is 850. The molecule has 0 N–H and O–H groups in total. The summed E-state index contributed by atoms with van der Waals surface area (Å²) in [6.07, 6.45) is 1.94. The minimum atomic E-state index is -0.337. The highest BCUT2D eigenvalue weighted by molar-refractivity contribution is 6.30.